The molecule has 2 fully saturated rings. The van der Waals surface area contributed by atoms with Crippen molar-refractivity contribution in [2.45, 2.75) is 38.6 Å². The average molecular weight is 279 g/mol. The van der Waals surface area contributed by atoms with E-state index in [0.29, 0.717) is 0 Å². The monoisotopic (exact) mass is 279 g/mol. The highest BCUT2D eigenvalue weighted by molar-refractivity contribution is 7.80. The Hall–Kier alpha value is -0.970. The Morgan fingerprint density at radius 1 is 1.26 bits per heavy atom. The molecule has 4 nitrogen and oxygen atoms in total. The second kappa shape index (κ2) is 5.19. The molecule has 2 aliphatic rings. The Kier molecular flexibility index (Phi) is 3.56. The molecule has 1 saturated heterocycles. The fourth-order valence-corrected chi connectivity index (χ4v) is 3.47. The summed E-state index contributed by atoms with van der Waals surface area (Å²) in [4.78, 5) is 14.4. The van der Waals surface area contributed by atoms with Crippen molar-refractivity contribution < 1.29 is 0 Å². The van der Waals surface area contributed by atoms with Crippen molar-refractivity contribution in [2.24, 2.45) is 5.41 Å². The van der Waals surface area contributed by atoms with E-state index < -0.39 is 0 Å². The van der Waals surface area contributed by atoms with Gasteiger partial charge in [0.05, 0.1) is 18.4 Å². The van der Waals surface area contributed by atoms with Crippen LogP contribution in [0.2, 0.25) is 0 Å². The minimum absolute atomic E-state index is 0.0254. The van der Waals surface area contributed by atoms with Crippen LogP contribution in [0.3, 0.4) is 0 Å². The standard InChI is InChI=1S/C14H21N3OS/c18-13-8-12(16-6-1-2-7-16)9-15-17(13)10-14(11-19)4-3-5-14/h8-9,19H,1-7,10-11H2. The summed E-state index contributed by atoms with van der Waals surface area (Å²) in [6.07, 6.45) is 7.85. The lowest BCUT2D eigenvalue weighted by atomic mass is 9.70. The number of hydrogen-bond donors (Lipinski definition) is 1. The molecule has 0 unspecified atom stereocenters. The van der Waals surface area contributed by atoms with Crippen LogP contribution >= 0.6 is 12.6 Å². The molecule has 0 spiro atoms. The van der Waals surface area contributed by atoms with E-state index in [9.17, 15) is 4.79 Å². The van der Waals surface area contributed by atoms with E-state index in [1.165, 1.54) is 32.1 Å². The molecular formula is C14H21N3OS. The quantitative estimate of drug-likeness (QED) is 0.856. The number of anilines is 1. The zero-order valence-corrected chi connectivity index (χ0v) is 12.1. The molecule has 1 aromatic rings. The van der Waals surface area contributed by atoms with Gasteiger partial charge in [0.1, 0.15) is 0 Å². The summed E-state index contributed by atoms with van der Waals surface area (Å²) in [5, 5.41) is 4.37. The van der Waals surface area contributed by atoms with E-state index in [-0.39, 0.29) is 11.0 Å². The van der Waals surface area contributed by atoms with E-state index in [4.69, 9.17) is 0 Å². The van der Waals surface area contributed by atoms with Gasteiger partial charge < -0.3 is 4.90 Å². The van der Waals surface area contributed by atoms with Crippen molar-refractivity contribution in [3.8, 4) is 0 Å². The van der Waals surface area contributed by atoms with Gasteiger partial charge in [-0.05, 0) is 36.9 Å². The molecule has 0 atom stereocenters. The lowest BCUT2D eigenvalue weighted by Crippen LogP contribution is -2.40. The first-order chi connectivity index (χ1) is 9.22. The highest BCUT2D eigenvalue weighted by Gasteiger charge is 2.36. The van der Waals surface area contributed by atoms with Gasteiger partial charge in [0.25, 0.3) is 5.56 Å². The number of rotatable bonds is 4. The summed E-state index contributed by atoms with van der Waals surface area (Å²) in [7, 11) is 0. The first kappa shape index (κ1) is 13.0. The van der Waals surface area contributed by atoms with Gasteiger partial charge in [0, 0.05) is 19.2 Å². The summed E-state index contributed by atoms with van der Waals surface area (Å²) >= 11 is 4.44. The Morgan fingerprint density at radius 3 is 2.53 bits per heavy atom. The number of hydrogen-bond acceptors (Lipinski definition) is 4. The predicted octanol–water partition coefficient (Wildman–Crippen LogP) is 1.94. The maximum absolute atomic E-state index is 12.2. The van der Waals surface area contributed by atoms with Crippen molar-refractivity contribution in [3.05, 3.63) is 22.6 Å². The molecule has 1 aromatic heterocycles. The summed E-state index contributed by atoms with van der Waals surface area (Å²) in [6.45, 7) is 2.81. The first-order valence-electron chi connectivity index (χ1n) is 7.15. The Morgan fingerprint density at radius 2 is 2.00 bits per heavy atom. The first-order valence-corrected chi connectivity index (χ1v) is 7.79. The van der Waals surface area contributed by atoms with Crippen LogP contribution in [-0.2, 0) is 6.54 Å². The van der Waals surface area contributed by atoms with Gasteiger partial charge in [-0.15, -0.1) is 0 Å². The minimum Gasteiger partial charge on any atom is -0.370 e. The average Bonchev–Trinajstić information content (AvgIpc) is 2.89. The summed E-state index contributed by atoms with van der Waals surface area (Å²) in [5.74, 6) is 0.842. The topological polar surface area (TPSA) is 38.1 Å². The summed E-state index contributed by atoms with van der Waals surface area (Å²) in [5.41, 5.74) is 1.21. The fourth-order valence-electron chi connectivity index (χ4n) is 3.05. The number of thiol groups is 1. The third-order valence-electron chi connectivity index (χ3n) is 4.56. The van der Waals surface area contributed by atoms with Crippen molar-refractivity contribution in [1.82, 2.24) is 9.78 Å². The molecule has 1 saturated carbocycles. The molecule has 1 aliphatic heterocycles. The molecule has 1 aliphatic carbocycles. The van der Waals surface area contributed by atoms with Gasteiger partial charge in [-0.2, -0.15) is 17.7 Å². The third-order valence-corrected chi connectivity index (χ3v) is 5.23. The van der Waals surface area contributed by atoms with Gasteiger partial charge >= 0.3 is 0 Å². The van der Waals surface area contributed by atoms with E-state index in [2.05, 4.69) is 22.6 Å². The molecule has 2 heterocycles. The number of nitrogens with zero attached hydrogens (tertiary/aromatic N) is 3. The minimum atomic E-state index is 0.0254. The zero-order chi connectivity index (χ0) is 13.3. The molecule has 0 N–H and O–H groups in total. The van der Waals surface area contributed by atoms with Gasteiger partial charge in [0.2, 0.25) is 0 Å². The molecule has 0 bridgehead atoms. The Balaban J connectivity index is 1.78. The molecule has 19 heavy (non-hydrogen) atoms. The van der Waals surface area contributed by atoms with Crippen LogP contribution in [0.15, 0.2) is 17.1 Å². The van der Waals surface area contributed by atoms with Gasteiger partial charge in [0.15, 0.2) is 0 Å². The molecule has 3 rings (SSSR count). The highest BCUT2D eigenvalue weighted by Crippen LogP contribution is 2.42. The van der Waals surface area contributed by atoms with Crippen LogP contribution in [-0.4, -0.2) is 28.6 Å². The zero-order valence-electron chi connectivity index (χ0n) is 11.2. The van der Waals surface area contributed by atoms with Crippen molar-refractivity contribution in [2.75, 3.05) is 23.7 Å². The normalized spacial score (nSPS) is 21.4. The van der Waals surface area contributed by atoms with E-state index in [1.807, 2.05) is 6.20 Å². The van der Waals surface area contributed by atoms with E-state index in [0.717, 1.165) is 31.1 Å². The largest absolute Gasteiger partial charge is 0.370 e. The summed E-state index contributed by atoms with van der Waals surface area (Å²) in [6, 6.07) is 1.74. The van der Waals surface area contributed by atoms with Gasteiger partial charge in [-0.3, -0.25) is 4.79 Å². The second-order valence-electron chi connectivity index (χ2n) is 5.92. The summed E-state index contributed by atoms with van der Waals surface area (Å²) < 4.78 is 1.62. The maximum atomic E-state index is 12.2. The van der Waals surface area contributed by atoms with Crippen molar-refractivity contribution in [3.63, 3.8) is 0 Å². The maximum Gasteiger partial charge on any atom is 0.268 e. The van der Waals surface area contributed by atoms with Gasteiger partial charge in [-0.1, -0.05) is 6.42 Å². The van der Waals surface area contributed by atoms with E-state index in [1.54, 1.807) is 10.7 Å². The highest BCUT2D eigenvalue weighted by atomic mass is 32.1. The molecule has 0 radical (unpaired) electrons. The number of aromatic nitrogens is 2. The predicted molar refractivity (Wildman–Crippen MR) is 80.1 cm³/mol. The Labute approximate surface area is 119 Å². The molecule has 0 aromatic carbocycles. The van der Waals surface area contributed by atoms with Crippen LogP contribution < -0.4 is 10.5 Å². The fraction of sp³-hybridized carbons (Fsp3) is 0.714. The molecule has 5 heteroatoms. The van der Waals surface area contributed by atoms with Crippen molar-refractivity contribution in [1.29, 1.82) is 0 Å². The van der Waals surface area contributed by atoms with Crippen LogP contribution in [0.4, 0.5) is 5.69 Å². The third kappa shape index (κ3) is 2.53. The van der Waals surface area contributed by atoms with Crippen LogP contribution in [0.25, 0.3) is 0 Å². The van der Waals surface area contributed by atoms with Crippen molar-refractivity contribution >= 4 is 18.3 Å². The molecule has 104 valence electrons. The molecular weight excluding hydrogens is 258 g/mol. The van der Waals surface area contributed by atoms with Gasteiger partial charge in [-0.25, -0.2) is 4.68 Å². The molecule has 0 amide bonds. The van der Waals surface area contributed by atoms with E-state index >= 15 is 0 Å². The van der Waals surface area contributed by atoms with Crippen LogP contribution in [0.5, 0.6) is 0 Å². The van der Waals surface area contributed by atoms with Crippen LogP contribution in [0, 0.1) is 5.41 Å². The van der Waals surface area contributed by atoms with Crippen LogP contribution in [0.1, 0.15) is 32.1 Å². The Bertz CT molecular complexity index is 498. The second-order valence-corrected chi connectivity index (χ2v) is 6.23. The lowest BCUT2D eigenvalue weighted by molar-refractivity contribution is 0.130. The lowest BCUT2D eigenvalue weighted by Gasteiger charge is -2.40. The SMILES string of the molecule is O=c1cc(N2CCCC2)cnn1CC1(CS)CCC1. The smallest absolute Gasteiger partial charge is 0.268 e.